The summed E-state index contributed by atoms with van der Waals surface area (Å²) in [6.07, 6.45) is 38.0. The Morgan fingerprint density at radius 3 is 1.28 bits per heavy atom. The van der Waals surface area contributed by atoms with E-state index in [4.69, 9.17) is 28.4 Å². The Balaban J connectivity index is 1.52. The zero-order chi connectivity index (χ0) is 63.3. The van der Waals surface area contributed by atoms with Gasteiger partial charge in [0.25, 0.3) is 0 Å². The third-order valence-electron chi connectivity index (χ3n) is 15.5. The molecule has 19 nitrogen and oxygen atoms in total. The molecule has 0 bridgehead atoms. The molecular weight excluding hydrogens is 1120 g/mol. The summed E-state index contributed by atoms with van der Waals surface area (Å²) in [7, 11) is 0. The smallest absolute Gasteiger partial charge is 0.220 e. The van der Waals surface area contributed by atoms with Crippen LogP contribution in [0.2, 0.25) is 0 Å². The maximum atomic E-state index is 13.3. The summed E-state index contributed by atoms with van der Waals surface area (Å²) < 4.78 is 34.2. The highest BCUT2D eigenvalue weighted by molar-refractivity contribution is 5.76. The van der Waals surface area contributed by atoms with Gasteiger partial charge in [0.15, 0.2) is 18.9 Å². The van der Waals surface area contributed by atoms with Crippen LogP contribution in [-0.2, 0) is 33.2 Å². The summed E-state index contributed by atoms with van der Waals surface area (Å²) in [5, 5.41) is 120. The van der Waals surface area contributed by atoms with E-state index in [9.17, 15) is 61.0 Å². The largest absolute Gasteiger partial charge is 0.394 e. The summed E-state index contributed by atoms with van der Waals surface area (Å²) in [5.41, 5.74) is 0. The lowest BCUT2D eigenvalue weighted by atomic mass is 9.96. The number of hydrogen-bond donors (Lipinski definition) is 12. The Morgan fingerprint density at radius 1 is 0.425 bits per heavy atom. The fourth-order valence-electron chi connectivity index (χ4n) is 10.2. The molecule has 19 heteroatoms. The lowest BCUT2D eigenvalue weighted by Gasteiger charge is -2.48. The fourth-order valence-corrected chi connectivity index (χ4v) is 10.2. The minimum Gasteiger partial charge on any atom is -0.394 e. The first kappa shape index (κ1) is 77.7. The van der Waals surface area contributed by atoms with Gasteiger partial charge in [-0.3, -0.25) is 4.79 Å². The van der Waals surface area contributed by atoms with Crippen LogP contribution < -0.4 is 5.32 Å². The Labute approximate surface area is 519 Å². The maximum Gasteiger partial charge on any atom is 0.220 e. The van der Waals surface area contributed by atoms with E-state index in [0.717, 1.165) is 57.8 Å². The first-order chi connectivity index (χ1) is 42.3. The van der Waals surface area contributed by atoms with Gasteiger partial charge in [0.05, 0.1) is 38.6 Å². The zero-order valence-electron chi connectivity index (χ0n) is 52.2. The molecule has 3 heterocycles. The minimum absolute atomic E-state index is 0.100. The molecule has 3 aliphatic heterocycles. The third-order valence-corrected chi connectivity index (χ3v) is 15.5. The second-order valence-electron chi connectivity index (χ2n) is 22.8. The third kappa shape index (κ3) is 31.8. The van der Waals surface area contributed by atoms with Crippen molar-refractivity contribution >= 4 is 5.91 Å². The van der Waals surface area contributed by atoms with Gasteiger partial charge < -0.3 is 89.9 Å². The maximum absolute atomic E-state index is 13.3. The van der Waals surface area contributed by atoms with Gasteiger partial charge in [0.1, 0.15) is 73.2 Å². The molecule has 3 rings (SSSR count). The van der Waals surface area contributed by atoms with Gasteiger partial charge in [-0.15, -0.1) is 0 Å². The first-order valence-corrected chi connectivity index (χ1v) is 32.6. The van der Waals surface area contributed by atoms with E-state index in [0.29, 0.717) is 19.3 Å². The Hall–Kier alpha value is -3.55. The monoisotopic (exact) mass is 1230 g/mol. The molecule has 0 spiro atoms. The van der Waals surface area contributed by atoms with E-state index in [2.05, 4.69) is 104 Å². The lowest BCUT2D eigenvalue weighted by Crippen LogP contribution is -2.66. The van der Waals surface area contributed by atoms with Crippen LogP contribution in [0.5, 0.6) is 0 Å². The molecule has 0 aromatic carbocycles. The summed E-state index contributed by atoms with van der Waals surface area (Å²) in [5.74, 6) is -0.376. The fraction of sp³-hybridized carbons (Fsp3) is 0.721. The summed E-state index contributed by atoms with van der Waals surface area (Å²) >= 11 is 0. The second-order valence-corrected chi connectivity index (χ2v) is 22.8. The normalized spacial score (nSPS) is 29.3. The van der Waals surface area contributed by atoms with Crippen LogP contribution in [-0.4, -0.2) is 193 Å². The number of allylic oxidation sites excluding steroid dienone is 17. The Bertz CT molecular complexity index is 2000. The molecule has 498 valence electrons. The highest BCUT2D eigenvalue weighted by atomic mass is 16.8. The number of amides is 1. The van der Waals surface area contributed by atoms with Crippen LogP contribution in [0.1, 0.15) is 181 Å². The van der Waals surface area contributed by atoms with Gasteiger partial charge in [0.2, 0.25) is 5.91 Å². The molecule has 3 aliphatic rings. The van der Waals surface area contributed by atoms with Crippen LogP contribution in [0.15, 0.2) is 109 Å². The quantitative estimate of drug-likeness (QED) is 0.0207. The van der Waals surface area contributed by atoms with E-state index in [1.807, 2.05) is 18.2 Å². The van der Waals surface area contributed by atoms with Crippen molar-refractivity contribution in [2.75, 3.05) is 26.4 Å². The Morgan fingerprint density at radius 2 is 0.805 bits per heavy atom. The number of hydrogen-bond acceptors (Lipinski definition) is 18. The van der Waals surface area contributed by atoms with Crippen molar-refractivity contribution in [1.82, 2.24) is 5.32 Å². The van der Waals surface area contributed by atoms with Crippen molar-refractivity contribution in [3.8, 4) is 0 Å². The molecule has 0 aliphatic carbocycles. The number of rotatable bonds is 47. The van der Waals surface area contributed by atoms with Crippen molar-refractivity contribution in [1.29, 1.82) is 0 Å². The number of carbonyl (C=O) groups is 1. The number of aliphatic hydroxyl groups is 11. The van der Waals surface area contributed by atoms with Crippen LogP contribution in [0.3, 0.4) is 0 Å². The number of aliphatic hydroxyl groups excluding tert-OH is 11. The number of nitrogens with one attached hydrogen (secondary N) is 1. The molecule has 87 heavy (non-hydrogen) atoms. The average Bonchev–Trinajstić information content (AvgIpc) is 2.87. The van der Waals surface area contributed by atoms with E-state index < -0.39 is 131 Å². The summed E-state index contributed by atoms with van der Waals surface area (Å²) in [6.45, 7) is 1.52. The molecule has 0 saturated carbocycles. The summed E-state index contributed by atoms with van der Waals surface area (Å²) in [4.78, 5) is 13.3. The van der Waals surface area contributed by atoms with Crippen LogP contribution in [0, 0.1) is 0 Å². The zero-order valence-corrected chi connectivity index (χ0v) is 52.2. The predicted molar refractivity (Wildman–Crippen MR) is 337 cm³/mol. The van der Waals surface area contributed by atoms with E-state index in [1.165, 1.54) is 83.5 Å². The van der Waals surface area contributed by atoms with Gasteiger partial charge >= 0.3 is 0 Å². The number of unbranched alkanes of at least 4 members (excludes halogenated alkanes) is 15. The average molecular weight is 1230 g/mol. The van der Waals surface area contributed by atoms with Crippen molar-refractivity contribution in [3.05, 3.63) is 109 Å². The standard InChI is InChI=1S/C68H113NO18/c1-3-5-7-9-11-13-15-17-19-21-23-24-25-26-28-29-31-33-35-37-39-41-43-45-52(73)51(69-56(74)46-44-42-40-38-36-34-32-30-27-22-20-18-16-14-12-10-8-6-4-2)50-82-66-62(80)59(77)64(54(48-71)84-66)87-68-63(81)60(78)65(55(49-72)85-68)86-67-61(79)58(76)57(75)53(47-70)83-67/h6,8,12,14,18,20,27-30,34-37,40,42-43,45,51-55,57-68,70-73,75-81H,3-5,7,9-11,13,15-17,19,21-26,31-33,38-39,41,44,46-50H2,1-2H3,(H,69,74)/b8-6-,14-12-,20-18-,29-28+,30-27-,36-34-,37-35+,42-40-,45-43+. The van der Waals surface area contributed by atoms with Crippen molar-refractivity contribution in [3.63, 3.8) is 0 Å². The number of ether oxygens (including phenoxy) is 6. The predicted octanol–water partition coefficient (Wildman–Crippen LogP) is 7.49. The molecule has 12 N–H and O–H groups in total. The minimum atomic E-state index is -1.99. The number of carbonyl (C=O) groups excluding carboxylic acids is 1. The summed E-state index contributed by atoms with van der Waals surface area (Å²) in [6, 6.07) is -1.05. The highest BCUT2D eigenvalue weighted by Crippen LogP contribution is 2.33. The van der Waals surface area contributed by atoms with E-state index >= 15 is 0 Å². The van der Waals surface area contributed by atoms with E-state index in [1.54, 1.807) is 6.08 Å². The van der Waals surface area contributed by atoms with Gasteiger partial charge in [-0.05, 0) is 83.5 Å². The molecule has 3 fully saturated rings. The van der Waals surface area contributed by atoms with Gasteiger partial charge in [-0.1, -0.05) is 200 Å². The van der Waals surface area contributed by atoms with Gasteiger partial charge in [0, 0.05) is 6.42 Å². The molecule has 0 radical (unpaired) electrons. The van der Waals surface area contributed by atoms with Gasteiger partial charge in [-0.2, -0.15) is 0 Å². The molecule has 1 amide bonds. The van der Waals surface area contributed by atoms with Crippen LogP contribution in [0.25, 0.3) is 0 Å². The van der Waals surface area contributed by atoms with Crippen LogP contribution >= 0.6 is 0 Å². The first-order valence-electron chi connectivity index (χ1n) is 32.6. The Kier molecular flexibility index (Phi) is 43.9. The highest BCUT2D eigenvalue weighted by Gasteiger charge is 2.53. The van der Waals surface area contributed by atoms with E-state index in [-0.39, 0.29) is 12.3 Å². The second kappa shape index (κ2) is 49.2. The molecular formula is C68H113NO18. The van der Waals surface area contributed by atoms with Crippen molar-refractivity contribution in [2.45, 2.75) is 285 Å². The van der Waals surface area contributed by atoms with Crippen molar-refractivity contribution in [2.24, 2.45) is 0 Å². The SMILES string of the molecule is CC/C=C\C/C=C\C/C=C\C/C=C\C/C=C\C/C=C\CCC(=O)NC(COC1OC(CO)C(OC2OC(CO)C(OC3OC(CO)C(O)C(O)C3O)C(O)C2O)C(O)C1O)C(O)/C=C/CC/C=C/CC/C=C/CCCCCCCCCCCCCCC. The molecule has 0 aromatic heterocycles. The molecule has 17 atom stereocenters. The molecule has 0 aromatic rings. The molecule has 17 unspecified atom stereocenters. The van der Waals surface area contributed by atoms with Crippen LogP contribution in [0.4, 0.5) is 0 Å². The lowest BCUT2D eigenvalue weighted by molar-refractivity contribution is -0.379. The molecule has 3 saturated heterocycles. The topological polar surface area (TPSA) is 307 Å². The van der Waals surface area contributed by atoms with Gasteiger partial charge in [-0.25, -0.2) is 0 Å². The van der Waals surface area contributed by atoms with Crippen molar-refractivity contribution < 1.29 is 89.4 Å².